The fraction of sp³-hybridized carbons (Fsp3) is 0.250. The molecule has 0 radical (unpaired) electrons. The van der Waals surface area contributed by atoms with E-state index in [1.807, 2.05) is 0 Å². The van der Waals surface area contributed by atoms with Gasteiger partial charge in [0.15, 0.2) is 0 Å². The summed E-state index contributed by atoms with van der Waals surface area (Å²) in [6.07, 6.45) is 0. The molecule has 0 spiro atoms. The van der Waals surface area contributed by atoms with Gasteiger partial charge in [-0.1, -0.05) is 18.2 Å². The topological polar surface area (TPSA) is 0 Å². The molecule has 1 aromatic carbocycles. The smallest absolute Gasteiger partial charge is 0.127 e. The van der Waals surface area contributed by atoms with Crippen LogP contribution in [-0.4, -0.2) is 0 Å². The van der Waals surface area contributed by atoms with Crippen molar-refractivity contribution < 1.29 is 4.39 Å². The van der Waals surface area contributed by atoms with E-state index in [9.17, 15) is 4.39 Å². The molecule has 0 amide bonds. The van der Waals surface area contributed by atoms with Crippen molar-refractivity contribution in [3.8, 4) is 0 Å². The summed E-state index contributed by atoms with van der Waals surface area (Å²) in [5.41, 5.74) is 0.559. The number of hydrogen-bond donors (Lipinski definition) is 0. The quantitative estimate of drug-likeness (QED) is 0.551. The number of hydrogen-bond acceptors (Lipinski definition) is 0. The van der Waals surface area contributed by atoms with E-state index in [-0.39, 0.29) is 11.2 Å². The van der Waals surface area contributed by atoms with Gasteiger partial charge in [0.1, 0.15) is 5.82 Å². The highest BCUT2D eigenvalue weighted by Crippen LogP contribution is 2.21. The van der Waals surface area contributed by atoms with Gasteiger partial charge in [0.05, 0.1) is 5.38 Å². The molecule has 0 saturated heterocycles. The van der Waals surface area contributed by atoms with Gasteiger partial charge in [-0.3, -0.25) is 0 Å². The van der Waals surface area contributed by atoms with Crippen molar-refractivity contribution in [2.24, 2.45) is 0 Å². The number of rotatable bonds is 1. The fourth-order valence-electron chi connectivity index (χ4n) is 0.798. The van der Waals surface area contributed by atoms with Crippen LogP contribution in [-0.2, 0) is 0 Å². The molecule has 54 valence electrons. The maximum Gasteiger partial charge on any atom is 0.127 e. The maximum atomic E-state index is 12.8. The first-order valence-electron chi connectivity index (χ1n) is 3.10. The second kappa shape index (κ2) is 3.02. The molecular formula is C8H8ClF. The lowest BCUT2D eigenvalue weighted by Crippen LogP contribution is -1.88. The summed E-state index contributed by atoms with van der Waals surface area (Å²) in [5, 5.41) is -0.249. The lowest BCUT2D eigenvalue weighted by molar-refractivity contribution is 0.610. The van der Waals surface area contributed by atoms with Crippen molar-refractivity contribution in [2.45, 2.75) is 12.3 Å². The summed E-state index contributed by atoms with van der Waals surface area (Å²) >= 11 is 5.67. The van der Waals surface area contributed by atoms with E-state index in [1.54, 1.807) is 25.1 Å². The zero-order chi connectivity index (χ0) is 7.56. The van der Waals surface area contributed by atoms with Gasteiger partial charge in [-0.25, -0.2) is 4.39 Å². The van der Waals surface area contributed by atoms with Gasteiger partial charge in [-0.15, -0.1) is 11.6 Å². The highest BCUT2D eigenvalue weighted by molar-refractivity contribution is 6.20. The summed E-state index contributed by atoms with van der Waals surface area (Å²) in [5.74, 6) is -0.231. The highest BCUT2D eigenvalue weighted by Gasteiger charge is 2.04. The second-order valence-corrected chi connectivity index (χ2v) is 2.79. The van der Waals surface area contributed by atoms with E-state index in [2.05, 4.69) is 0 Å². The Morgan fingerprint density at radius 1 is 1.40 bits per heavy atom. The normalized spacial score (nSPS) is 13.1. The minimum atomic E-state index is -0.249. The average molecular weight is 159 g/mol. The number of benzene rings is 1. The Kier molecular flexibility index (Phi) is 2.28. The molecule has 0 aliphatic rings. The van der Waals surface area contributed by atoms with Crippen molar-refractivity contribution in [2.75, 3.05) is 0 Å². The van der Waals surface area contributed by atoms with Gasteiger partial charge >= 0.3 is 0 Å². The third kappa shape index (κ3) is 1.48. The highest BCUT2D eigenvalue weighted by atomic mass is 35.5. The maximum absolute atomic E-state index is 12.8. The van der Waals surface area contributed by atoms with E-state index in [0.29, 0.717) is 5.56 Å². The SMILES string of the molecule is CC(Cl)c1ccccc1F. The Morgan fingerprint density at radius 3 is 2.40 bits per heavy atom. The molecule has 0 nitrogen and oxygen atoms in total. The molecule has 1 unspecified atom stereocenters. The standard InChI is InChI=1S/C8H8ClF/c1-6(9)7-4-2-3-5-8(7)10/h2-6H,1H3. The first kappa shape index (κ1) is 7.55. The number of alkyl halides is 1. The molecular weight excluding hydrogens is 151 g/mol. The van der Waals surface area contributed by atoms with Crippen molar-refractivity contribution in [3.63, 3.8) is 0 Å². The molecule has 1 aromatic rings. The van der Waals surface area contributed by atoms with Crippen LogP contribution in [0.1, 0.15) is 17.9 Å². The Labute approximate surface area is 64.6 Å². The first-order chi connectivity index (χ1) is 4.72. The molecule has 0 saturated carbocycles. The van der Waals surface area contributed by atoms with E-state index < -0.39 is 0 Å². The summed E-state index contributed by atoms with van der Waals surface area (Å²) in [7, 11) is 0. The third-order valence-corrected chi connectivity index (χ3v) is 1.57. The van der Waals surface area contributed by atoms with Crippen LogP contribution in [0, 0.1) is 5.82 Å². The fourth-order valence-corrected chi connectivity index (χ4v) is 0.975. The minimum absolute atomic E-state index is 0.231. The molecule has 0 fully saturated rings. The number of halogens is 2. The van der Waals surface area contributed by atoms with Crippen LogP contribution in [0.15, 0.2) is 24.3 Å². The predicted molar refractivity (Wildman–Crippen MR) is 40.7 cm³/mol. The Morgan fingerprint density at radius 2 is 2.00 bits per heavy atom. The van der Waals surface area contributed by atoms with Crippen LogP contribution in [0.2, 0.25) is 0 Å². The Balaban J connectivity index is 3.03. The molecule has 1 atom stereocenters. The van der Waals surface area contributed by atoms with Crippen LogP contribution in [0.25, 0.3) is 0 Å². The minimum Gasteiger partial charge on any atom is -0.207 e. The zero-order valence-corrected chi connectivity index (χ0v) is 6.40. The van der Waals surface area contributed by atoms with Crippen molar-refractivity contribution in [3.05, 3.63) is 35.6 Å². The van der Waals surface area contributed by atoms with Gasteiger partial charge in [0.25, 0.3) is 0 Å². The molecule has 2 heteroatoms. The molecule has 0 aromatic heterocycles. The molecule has 1 rings (SSSR count). The molecule has 10 heavy (non-hydrogen) atoms. The monoisotopic (exact) mass is 158 g/mol. The van der Waals surface area contributed by atoms with E-state index in [4.69, 9.17) is 11.6 Å². The van der Waals surface area contributed by atoms with E-state index in [0.717, 1.165) is 0 Å². The van der Waals surface area contributed by atoms with Crippen LogP contribution < -0.4 is 0 Å². The molecule has 0 aliphatic carbocycles. The van der Waals surface area contributed by atoms with Crippen molar-refractivity contribution in [1.82, 2.24) is 0 Å². The predicted octanol–water partition coefficient (Wildman–Crippen LogP) is 3.13. The largest absolute Gasteiger partial charge is 0.207 e. The Hall–Kier alpha value is -0.560. The molecule has 0 N–H and O–H groups in total. The lowest BCUT2D eigenvalue weighted by atomic mass is 10.1. The molecule has 0 bridgehead atoms. The van der Waals surface area contributed by atoms with Crippen molar-refractivity contribution in [1.29, 1.82) is 0 Å². The second-order valence-electron chi connectivity index (χ2n) is 2.14. The summed E-state index contributed by atoms with van der Waals surface area (Å²) < 4.78 is 12.8. The van der Waals surface area contributed by atoms with E-state index in [1.165, 1.54) is 6.07 Å². The van der Waals surface area contributed by atoms with Crippen molar-refractivity contribution >= 4 is 11.6 Å². The van der Waals surface area contributed by atoms with Crippen LogP contribution in [0.3, 0.4) is 0 Å². The van der Waals surface area contributed by atoms with Gasteiger partial charge in [-0.2, -0.15) is 0 Å². The van der Waals surface area contributed by atoms with Gasteiger partial charge < -0.3 is 0 Å². The molecule has 0 heterocycles. The van der Waals surface area contributed by atoms with Gasteiger partial charge in [-0.05, 0) is 13.0 Å². The van der Waals surface area contributed by atoms with Crippen LogP contribution in [0.4, 0.5) is 4.39 Å². The van der Waals surface area contributed by atoms with Gasteiger partial charge in [0, 0.05) is 5.56 Å². The Bertz CT molecular complexity index is 220. The molecule has 0 aliphatic heterocycles. The summed E-state index contributed by atoms with van der Waals surface area (Å²) in [6.45, 7) is 1.75. The lowest BCUT2D eigenvalue weighted by Gasteiger charge is -2.02. The average Bonchev–Trinajstić information content (AvgIpc) is 1.88. The zero-order valence-electron chi connectivity index (χ0n) is 5.64. The van der Waals surface area contributed by atoms with E-state index >= 15 is 0 Å². The van der Waals surface area contributed by atoms with Crippen LogP contribution in [0.5, 0.6) is 0 Å². The van der Waals surface area contributed by atoms with Crippen LogP contribution >= 0.6 is 11.6 Å². The van der Waals surface area contributed by atoms with Gasteiger partial charge in [0.2, 0.25) is 0 Å². The summed E-state index contributed by atoms with van der Waals surface area (Å²) in [4.78, 5) is 0. The third-order valence-electron chi connectivity index (χ3n) is 1.33. The summed E-state index contributed by atoms with van der Waals surface area (Å²) in [6, 6.07) is 6.52. The first-order valence-corrected chi connectivity index (χ1v) is 3.54.